The van der Waals surface area contributed by atoms with Gasteiger partial charge in [-0.3, -0.25) is 9.59 Å². The molecule has 1 fully saturated rings. The molecule has 0 aromatic heterocycles. The van der Waals surface area contributed by atoms with Gasteiger partial charge in [0.1, 0.15) is 18.4 Å². The van der Waals surface area contributed by atoms with Gasteiger partial charge in [0.05, 0.1) is 6.10 Å². The Kier molecular flexibility index (Phi) is 5.16. The van der Waals surface area contributed by atoms with E-state index >= 15 is 0 Å². The molecule has 1 aromatic carbocycles. The van der Waals surface area contributed by atoms with Crippen LogP contribution in [0, 0.1) is 0 Å². The Balaban J connectivity index is 1.85. The van der Waals surface area contributed by atoms with Gasteiger partial charge in [-0.05, 0) is 44.0 Å². The Hall–Kier alpha value is -2.08. The minimum atomic E-state index is -1.07. The second-order valence-electron chi connectivity index (χ2n) is 5.00. The Morgan fingerprint density at radius 2 is 2.14 bits per heavy atom. The Labute approximate surface area is 123 Å². The molecule has 0 bridgehead atoms. The van der Waals surface area contributed by atoms with E-state index in [9.17, 15) is 9.59 Å². The maximum atomic E-state index is 11.8. The summed E-state index contributed by atoms with van der Waals surface area (Å²) in [5, 5.41) is 11.1. The lowest BCUT2D eigenvalue weighted by atomic mass is 10.2. The summed E-state index contributed by atoms with van der Waals surface area (Å²) in [5.74, 6) is -0.830. The number of rotatable bonds is 6. The lowest BCUT2D eigenvalue weighted by Gasteiger charge is -2.12. The molecule has 0 aliphatic carbocycles. The molecule has 6 heteroatoms. The molecule has 1 amide bonds. The summed E-state index contributed by atoms with van der Waals surface area (Å²) in [4.78, 5) is 22.5. The summed E-state index contributed by atoms with van der Waals surface area (Å²) in [6.07, 6.45) is 2.21. The van der Waals surface area contributed by atoms with Crippen molar-refractivity contribution in [1.82, 2.24) is 5.32 Å². The Morgan fingerprint density at radius 1 is 1.43 bits per heavy atom. The standard InChI is InChI=1S/C15H19NO5/c1-10(15(18)19)16-14(17)11-4-6-12(7-5-11)21-9-13-3-2-8-20-13/h4-7,10,13H,2-3,8-9H2,1H3,(H,16,17)(H,18,19)/t10-,13+/m0/s1. The van der Waals surface area contributed by atoms with Crippen molar-refractivity contribution in [3.63, 3.8) is 0 Å². The summed E-state index contributed by atoms with van der Waals surface area (Å²) in [5.41, 5.74) is 0.396. The van der Waals surface area contributed by atoms with Crippen LogP contribution in [-0.4, -0.2) is 42.3 Å². The molecule has 0 radical (unpaired) electrons. The highest BCUT2D eigenvalue weighted by molar-refractivity contribution is 5.96. The quantitative estimate of drug-likeness (QED) is 0.829. The van der Waals surface area contributed by atoms with Crippen molar-refractivity contribution in [2.45, 2.75) is 31.9 Å². The zero-order chi connectivity index (χ0) is 15.2. The first kappa shape index (κ1) is 15.3. The first-order chi connectivity index (χ1) is 10.1. The van der Waals surface area contributed by atoms with Gasteiger partial charge < -0.3 is 19.9 Å². The number of carbonyl (C=O) groups excluding carboxylic acids is 1. The van der Waals surface area contributed by atoms with Crippen LogP contribution in [0.3, 0.4) is 0 Å². The molecule has 6 nitrogen and oxygen atoms in total. The molecule has 0 spiro atoms. The Bertz CT molecular complexity index is 493. The molecule has 1 aliphatic heterocycles. The molecule has 0 saturated carbocycles. The van der Waals surface area contributed by atoms with Crippen molar-refractivity contribution in [2.75, 3.05) is 13.2 Å². The maximum absolute atomic E-state index is 11.8. The van der Waals surface area contributed by atoms with Gasteiger partial charge in [-0.15, -0.1) is 0 Å². The third-order valence-electron chi connectivity index (χ3n) is 3.29. The highest BCUT2D eigenvalue weighted by atomic mass is 16.5. The maximum Gasteiger partial charge on any atom is 0.325 e. The van der Waals surface area contributed by atoms with E-state index in [4.69, 9.17) is 14.6 Å². The lowest BCUT2D eigenvalue weighted by molar-refractivity contribution is -0.138. The average molecular weight is 293 g/mol. The minimum absolute atomic E-state index is 0.143. The second-order valence-corrected chi connectivity index (χ2v) is 5.00. The van der Waals surface area contributed by atoms with Crippen molar-refractivity contribution in [1.29, 1.82) is 0 Å². The number of hydrogen-bond donors (Lipinski definition) is 2. The van der Waals surface area contributed by atoms with Gasteiger partial charge in [0, 0.05) is 12.2 Å². The van der Waals surface area contributed by atoms with Gasteiger partial charge in [-0.25, -0.2) is 0 Å². The largest absolute Gasteiger partial charge is 0.491 e. The smallest absolute Gasteiger partial charge is 0.325 e. The number of carboxylic acids is 1. The van der Waals surface area contributed by atoms with E-state index in [0.29, 0.717) is 17.9 Å². The molecule has 114 valence electrons. The molecule has 2 rings (SSSR count). The SMILES string of the molecule is C[C@H](NC(=O)c1ccc(OC[C@H]2CCCO2)cc1)C(=O)O. The first-order valence-electron chi connectivity index (χ1n) is 6.94. The molecular weight excluding hydrogens is 274 g/mol. The van der Waals surface area contributed by atoms with Gasteiger partial charge in [0.15, 0.2) is 0 Å². The molecule has 1 aromatic rings. The predicted octanol–water partition coefficient (Wildman–Crippen LogP) is 1.45. The number of carboxylic acid groups (broad SMARTS) is 1. The van der Waals surface area contributed by atoms with E-state index in [-0.39, 0.29) is 6.10 Å². The number of carbonyl (C=O) groups is 2. The summed E-state index contributed by atoms with van der Waals surface area (Å²) >= 11 is 0. The predicted molar refractivity (Wildman–Crippen MR) is 75.5 cm³/mol. The molecule has 2 N–H and O–H groups in total. The second kappa shape index (κ2) is 7.08. The fourth-order valence-electron chi connectivity index (χ4n) is 2.01. The van der Waals surface area contributed by atoms with Gasteiger partial charge in [0.25, 0.3) is 5.91 Å². The van der Waals surface area contributed by atoms with Crippen LogP contribution in [0.25, 0.3) is 0 Å². The monoisotopic (exact) mass is 293 g/mol. The summed E-state index contributed by atoms with van der Waals surface area (Å²) in [6.45, 7) is 2.70. The fraction of sp³-hybridized carbons (Fsp3) is 0.467. The Morgan fingerprint density at radius 3 is 2.71 bits per heavy atom. The normalized spacial score (nSPS) is 19.0. The van der Waals surface area contributed by atoms with Crippen molar-refractivity contribution < 1.29 is 24.2 Å². The van der Waals surface area contributed by atoms with Crippen molar-refractivity contribution >= 4 is 11.9 Å². The molecule has 2 atom stereocenters. The van der Waals surface area contributed by atoms with Crippen LogP contribution in [0.15, 0.2) is 24.3 Å². The van der Waals surface area contributed by atoms with E-state index in [1.54, 1.807) is 24.3 Å². The van der Waals surface area contributed by atoms with Crippen LogP contribution >= 0.6 is 0 Å². The third kappa shape index (κ3) is 4.46. The highest BCUT2D eigenvalue weighted by Crippen LogP contribution is 2.16. The first-order valence-corrected chi connectivity index (χ1v) is 6.94. The van der Waals surface area contributed by atoms with E-state index < -0.39 is 17.9 Å². The summed E-state index contributed by atoms with van der Waals surface area (Å²) < 4.78 is 11.1. The van der Waals surface area contributed by atoms with Crippen LogP contribution in [-0.2, 0) is 9.53 Å². The lowest BCUT2D eigenvalue weighted by Crippen LogP contribution is -2.38. The van der Waals surface area contributed by atoms with Crippen LogP contribution < -0.4 is 10.1 Å². The van der Waals surface area contributed by atoms with Crippen LogP contribution in [0.2, 0.25) is 0 Å². The van der Waals surface area contributed by atoms with Gasteiger partial charge in [0.2, 0.25) is 0 Å². The highest BCUT2D eigenvalue weighted by Gasteiger charge is 2.17. The number of nitrogens with one attached hydrogen (secondary N) is 1. The van der Waals surface area contributed by atoms with E-state index in [2.05, 4.69) is 5.32 Å². The third-order valence-corrected chi connectivity index (χ3v) is 3.29. The molecule has 1 heterocycles. The van der Waals surface area contributed by atoms with E-state index in [1.165, 1.54) is 6.92 Å². The van der Waals surface area contributed by atoms with Gasteiger partial charge in [-0.1, -0.05) is 0 Å². The summed E-state index contributed by atoms with van der Waals surface area (Å²) in [7, 11) is 0. The number of aliphatic carboxylic acids is 1. The zero-order valence-electron chi connectivity index (χ0n) is 11.9. The number of amides is 1. The molecular formula is C15H19NO5. The van der Waals surface area contributed by atoms with Crippen molar-refractivity contribution in [2.24, 2.45) is 0 Å². The van der Waals surface area contributed by atoms with Crippen LogP contribution in [0.1, 0.15) is 30.1 Å². The minimum Gasteiger partial charge on any atom is -0.491 e. The fourth-order valence-corrected chi connectivity index (χ4v) is 2.01. The van der Waals surface area contributed by atoms with Gasteiger partial charge in [-0.2, -0.15) is 0 Å². The summed E-state index contributed by atoms with van der Waals surface area (Å²) in [6, 6.07) is 5.67. The molecule has 1 saturated heterocycles. The average Bonchev–Trinajstić information content (AvgIpc) is 2.98. The van der Waals surface area contributed by atoms with Crippen molar-refractivity contribution in [3.05, 3.63) is 29.8 Å². The number of ether oxygens (including phenoxy) is 2. The number of hydrogen-bond acceptors (Lipinski definition) is 4. The molecule has 1 aliphatic rings. The van der Waals surface area contributed by atoms with Gasteiger partial charge >= 0.3 is 5.97 Å². The van der Waals surface area contributed by atoms with Crippen molar-refractivity contribution in [3.8, 4) is 5.75 Å². The van der Waals surface area contributed by atoms with E-state index in [0.717, 1.165) is 19.4 Å². The zero-order valence-corrected chi connectivity index (χ0v) is 11.9. The van der Waals surface area contributed by atoms with Crippen LogP contribution in [0.4, 0.5) is 0 Å². The van der Waals surface area contributed by atoms with Crippen LogP contribution in [0.5, 0.6) is 5.75 Å². The molecule has 21 heavy (non-hydrogen) atoms. The topological polar surface area (TPSA) is 84.9 Å². The number of benzene rings is 1. The van der Waals surface area contributed by atoms with E-state index in [1.807, 2.05) is 0 Å². The molecule has 0 unspecified atom stereocenters.